The first-order valence-electron chi connectivity index (χ1n) is 2.54. The van der Waals surface area contributed by atoms with Crippen molar-refractivity contribution in [2.45, 2.75) is 19.1 Å². The monoisotopic (exact) mass is 145 g/mol. The largest absolute Gasteiger partial charge is 0.481 e. The van der Waals surface area contributed by atoms with Crippen molar-refractivity contribution >= 4 is 5.97 Å². The predicted octanol–water partition coefficient (Wildman–Crippen LogP) is 0.131. The Balaban J connectivity index is 4.26. The number of hydrogen-bond acceptors (Lipinski definition) is 3. The van der Waals surface area contributed by atoms with E-state index in [0.717, 1.165) is 0 Å². The summed E-state index contributed by atoms with van der Waals surface area (Å²) in [5.41, 5.74) is 7.82. The van der Waals surface area contributed by atoms with Gasteiger partial charge >= 0.3 is 5.97 Å². The fraction of sp³-hybridized carbons (Fsp3) is 0.750. The first-order valence-corrected chi connectivity index (χ1v) is 2.54. The second-order valence-electron chi connectivity index (χ2n) is 1.73. The number of aliphatic hydroxyl groups excluding tert-OH is 1. The molecule has 0 aliphatic heterocycles. The molecule has 56 valence electrons. The van der Waals surface area contributed by atoms with Crippen LogP contribution in [0.4, 0.5) is 0 Å². The first kappa shape index (κ1) is 8.74. The maximum Gasteiger partial charge on any atom is 0.315 e. The highest BCUT2D eigenvalue weighted by Gasteiger charge is 2.20. The number of azide groups is 1. The molecule has 10 heavy (non-hydrogen) atoms. The number of aliphatic carboxylic acids is 1. The van der Waals surface area contributed by atoms with Gasteiger partial charge in [0.05, 0.1) is 6.10 Å². The van der Waals surface area contributed by atoms with Gasteiger partial charge < -0.3 is 10.2 Å². The summed E-state index contributed by atoms with van der Waals surface area (Å²) in [5, 5.41) is 19.8. The molecule has 0 heterocycles. The third-order valence-corrected chi connectivity index (χ3v) is 0.886. The molecular formula is C4H7N3O3. The number of rotatable bonds is 3. The molecular weight excluding hydrogens is 138 g/mol. The van der Waals surface area contributed by atoms with Crippen LogP contribution in [-0.4, -0.2) is 28.3 Å². The van der Waals surface area contributed by atoms with Crippen molar-refractivity contribution in [2.24, 2.45) is 5.11 Å². The second kappa shape index (κ2) is 3.71. The Morgan fingerprint density at radius 1 is 1.80 bits per heavy atom. The van der Waals surface area contributed by atoms with Gasteiger partial charge in [0, 0.05) is 4.91 Å². The number of carbonyl (C=O) groups is 1. The highest BCUT2D eigenvalue weighted by molar-refractivity contribution is 5.74. The van der Waals surface area contributed by atoms with E-state index in [1.165, 1.54) is 6.92 Å². The van der Waals surface area contributed by atoms with Crippen molar-refractivity contribution in [3.63, 3.8) is 0 Å². The lowest BCUT2D eigenvalue weighted by Crippen LogP contribution is -2.29. The van der Waals surface area contributed by atoms with E-state index < -0.39 is 18.1 Å². The van der Waals surface area contributed by atoms with Gasteiger partial charge in [-0.15, -0.1) is 0 Å². The average Bonchev–Trinajstić information content (AvgIpc) is 1.81. The van der Waals surface area contributed by atoms with Crippen LogP contribution in [0.3, 0.4) is 0 Å². The Morgan fingerprint density at radius 2 is 2.30 bits per heavy atom. The van der Waals surface area contributed by atoms with Crippen molar-refractivity contribution in [3.8, 4) is 0 Å². The van der Waals surface area contributed by atoms with E-state index in [9.17, 15) is 4.79 Å². The highest BCUT2D eigenvalue weighted by Crippen LogP contribution is 1.98. The molecule has 0 radical (unpaired) electrons. The SMILES string of the molecule is CC(O)[C@H](N=[N+]=[N-])C(=O)O. The lowest BCUT2D eigenvalue weighted by molar-refractivity contribution is -0.140. The Labute approximate surface area is 56.7 Å². The van der Waals surface area contributed by atoms with Gasteiger partial charge in [-0.05, 0) is 12.5 Å². The molecule has 0 fully saturated rings. The van der Waals surface area contributed by atoms with Gasteiger partial charge in [0.2, 0.25) is 0 Å². The number of aliphatic hydroxyl groups is 1. The Bertz CT molecular complexity index is 171. The van der Waals surface area contributed by atoms with Crippen LogP contribution in [0, 0.1) is 0 Å². The van der Waals surface area contributed by atoms with E-state index in [0.29, 0.717) is 0 Å². The number of nitrogens with zero attached hydrogens (tertiary/aromatic N) is 3. The smallest absolute Gasteiger partial charge is 0.315 e. The molecule has 6 heteroatoms. The van der Waals surface area contributed by atoms with Crippen molar-refractivity contribution in [1.82, 2.24) is 0 Å². The van der Waals surface area contributed by atoms with Crippen LogP contribution < -0.4 is 0 Å². The normalized spacial score (nSPS) is 15.0. The van der Waals surface area contributed by atoms with Crippen LogP contribution in [-0.2, 0) is 4.79 Å². The third kappa shape index (κ3) is 2.34. The first-order chi connectivity index (χ1) is 4.59. The topological polar surface area (TPSA) is 106 Å². The number of carboxylic acid groups (broad SMARTS) is 1. The quantitative estimate of drug-likeness (QED) is 0.334. The van der Waals surface area contributed by atoms with E-state index >= 15 is 0 Å². The fourth-order valence-corrected chi connectivity index (χ4v) is 0.408. The Hall–Kier alpha value is -1.26. The van der Waals surface area contributed by atoms with Gasteiger partial charge in [-0.25, -0.2) is 0 Å². The van der Waals surface area contributed by atoms with Gasteiger partial charge in [-0.1, -0.05) is 5.11 Å². The van der Waals surface area contributed by atoms with Gasteiger partial charge in [-0.2, -0.15) is 0 Å². The van der Waals surface area contributed by atoms with Crippen LogP contribution in [0.1, 0.15) is 6.92 Å². The molecule has 2 N–H and O–H groups in total. The van der Waals surface area contributed by atoms with Crippen molar-refractivity contribution in [1.29, 1.82) is 0 Å². The van der Waals surface area contributed by atoms with E-state index in [1.54, 1.807) is 0 Å². The molecule has 0 rings (SSSR count). The summed E-state index contributed by atoms with van der Waals surface area (Å²) in [6.07, 6.45) is -1.16. The van der Waals surface area contributed by atoms with E-state index in [2.05, 4.69) is 10.0 Å². The molecule has 1 unspecified atom stereocenters. The van der Waals surface area contributed by atoms with Gasteiger partial charge in [0.15, 0.2) is 6.04 Å². The molecule has 2 atom stereocenters. The molecule has 0 aliphatic carbocycles. The van der Waals surface area contributed by atoms with E-state index in [-0.39, 0.29) is 0 Å². The summed E-state index contributed by atoms with van der Waals surface area (Å²) in [6.45, 7) is 1.24. The van der Waals surface area contributed by atoms with Crippen LogP contribution in [0.2, 0.25) is 0 Å². The fourth-order valence-electron chi connectivity index (χ4n) is 0.408. The van der Waals surface area contributed by atoms with Gasteiger partial charge in [0.1, 0.15) is 0 Å². The summed E-state index contributed by atoms with van der Waals surface area (Å²) >= 11 is 0. The number of hydrogen-bond donors (Lipinski definition) is 2. The lowest BCUT2D eigenvalue weighted by atomic mass is 10.2. The lowest BCUT2D eigenvalue weighted by Gasteiger charge is -2.06. The third-order valence-electron chi connectivity index (χ3n) is 0.886. The molecule has 0 saturated heterocycles. The summed E-state index contributed by atoms with van der Waals surface area (Å²) in [5.74, 6) is -1.33. The molecule has 0 aromatic rings. The average molecular weight is 145 g/mol. The maximum atomic E-state index is 10.1. The molecule has 0 aliphatic rings. The number of carboxylic acids is 1. The zero-order chi connectivity index (χ0) is 8.15. The van der Waals surface area contributed by atoms with Crippen LogP contribution >= 0.6 is 0 Å². The molecule has 0 bridgehead atoms. The standard InChI is InChI=1S/C4H7N3O3/c1-2(8)3(4(9)10)6-7-5/h2-3,8H,1H3,(H,9,10)/t2?,3-/m0/s1. The summed E-state index contributed by atoms with van der Waals surface area (Å²) in [6, 6.07) is -1.38. The minimum absolute atomic E-state index is 1.16. The minimum Gasteiger partial charge on any atom is -0.481 e. The van der Waals surface area contributed by atoms with Crippen LogP contribution in [0.25, 0.3) is 10.4 Å². The molecule has 0 aromatic carbocycles. The van der Waals surface area contributed by atoms with Crippen molar-refractivity contribution in [3.05, 3.63) is 10.4 Å². The van der Waals surface area contributed by atoms with E-state index in [1.807, 2.05) is 0 Å². The molecule has 6 nitrogen and oxygen atoms in total. The minimum atomic E-state index is -1.38. The Morgan fingerprint density at radius 3 is 2.40 bits per heavy atom. The highest BCUT2D eigenvalue weighted by atomic mass is 16.4. The molecule has 0 spiro atoms. The summed E-state index contributed by atoms with van der Waals surface area (Å²) in [7, 11) is 0. The second-order valence-corrected chi connectivity index (χ2v) is 1.73. The molecule has 0 aromatic heterocycles. The maximum absolute atomic E-state index is 10.1. The van der Waals surface area contributed by atoms with Crippen LogP contribution in [0.15, 0.2) is 5.11 Å². The Kier molecular flexibility index (Phi) is 3.24. The zero-order valence-electron chi connectivity index (χ0n) is 5.30. The van der Waals surface area contributed by atoms with Crippen molar-refractivity contribution < 1.29 is 15.0 Å². The molecule has 0 saturated carbocycles. The zero-order valence-corrected chi connectivity index (χ0v) is 5.30. The van der Waals surface area contributed by atoms with Gasteiger partial charge in [0.25, 0.3) is 0 Å². The predicted molar refractivity (Wildman–Crippen MR) is 32.3 cm³/mol. The summed E-state index contributed by atoms with van der Waals surface area (Å²) in [4.78, 5) is 12.4. The van der Waals surface area contributed by atoms with Gasteiger partial charge in [-0.3, -0.25) is 4.79 Å². The van der Waals surface area contributed by atoms with E-state index in [4.69, 9.17) is 15.7 Å². The van der Waals surface area contributed by atoms with Crippen LogP contribution in [0.5, 0.6) is 0 Å². The van der Waals surface area contributed by atoms with Crippen molar-refractivity contribution in [2.75, 3.05) is 0 Å². The summed E-state index contributed by atoms with van der Waals surface area (Å²) < 4.78 is 0. The molecule has 0 amide bonds.